The average molecular weight is 1040 g/mol. The third-order valence-electron chi connectivity index (χ3n) is 17.6. The first-order valence-electron chi connectivity index (χ1n) is 28.0. The summed E-state index contributed by atoms with van der Waals surface area (Å²) in [4.78, 5) is 43.3. The zero-order chi connectivity index (χ0) is 53.6. The van der Waals surface area contributed by atoms with Crippen LogP contribution >= 0.6 is 0 Å². The molecule has 402 valence electrons. The topological polar surface area (TPSA) is 101 Å². The smallest absolute Gasteiger partial charge is 0.416 e. The Bertz CT molecular complexity index is 2420. The Balaban J connectivity index is 1.26. The van der Waals surface area contributed by atoms with Crippen molar-refractivity contribution in [2.45, 2.75) is 200 Å². The average Bonchev–Trinajstić information content (AvgIpc) is 3.98. The molecule has 0 aromatic heterocycles. The molecule has 9 nitrogen and oxygen atoms in total. The maximum absolute atomic E-state index is 15.3. The molecule has 3 saturated heterocycles. The van der Waals surface area contributed by atoms with Crippen molar-refractivity contribution in [3.05, 3.63) is 131 Å². The van der Waals surface area contributed by atoms with E-state index in [1.807, 2.05) is 30.3 Å². The fraction of sp³-hybridized carbons (Fsp3) is 0.571. The lowest BCUT2D eigenvalue weighted by Gasteiger charge is -2.49. The molecule has 0 unspecified atom stereocenters. The van der Waals surface area contributed by atoms with Crippen LogP contribution in [0.25, 0.3) is 0 Å². The van der Waals surface area contributed by atoms with Crippen LogP contribution in [0.15, 0.2) is 125 Å². The number of likely N-dealkylation sites (tertiary alicyclic amines) is 1. The van der Waals surface area contributed by atoms with Gasteiger partial charge in [-0.05, 0) is 132 Å². The van der Waals surface area contributed by atoms with Crippen LogP contribution < -0.4 is 10.4 Å². The molecule has 7 rings (SSSR count). The number of hydrogen-bond donors (Lipinski definition) is 0. The number of carbonyl (C=O) groups is 3. The summed E-state index contributed by atoms with van der Waals surface area (Å²) < 4.78 is 34.0. The number of allylic oxidation sites excluding steroid dienone is 2. The highest BCUT2D eigenvalue weighted by atomic mass is 28.4. The van der Waals surface area contributed by atoms with Crippen LogP contribution in [0.4, 0.5) is 4.79 Å². The number of imide groups is 1. The summed E-state index contributed by atoms with van der Waals surface area (Å²) in [5, 5.41) is 2.12. The second-order valence-electron chi connectivity index (χ2n) is 24.2. The number of piperidine rings is 1. The standard InChI is InChI=1S/C63H89NO8Si2/c1-43(2)73(44(3)4,45(5)6)69-39-35-46(7)59-48(9)40-51(70-59)30-31-56(72-74(62(11,12)13,52-26-19-15-20-27-52)53-28-21-16-22-29-53)47(8)41-55-49(10)54(57-32-33-58(65)71-57)34-37-63(55)36-23-38-64(60(63)66)61(67)68-42-50-24-17-14-18-25-50/h14-22,24-29,35,41,43-45,48,51,55-57,59H,23,30-34,36-40,42H2,1-13H3/b46-35+,47-41+/t48-,51-,55+,56+,57+,59+,63+/m1/s1. The molecule has 3 fully saturated rings. The van der Waals surface area contributed by atoms with Gasteiger partial charge in [-0.25, -0.2) is 9.69 Å². The van der Waals surface area contributed by atoms with Crippen LogP contribution in [0.5, 0.6) is 0 Å². The van der Waals surface area contributed by atoms with E-state index in [9.17, 15) is 9.59 Å². The minimum absolute atomic E-state index is 0.00198. The Kier molecular flexibility index (Phi) is 18.8. The van der Waals surface area contributed by atoms with Gasteiger partial charge in [0.2, 0.25) is 14.2 Å². The van der Waals surface area contributed by atoms with Crippen LogP contribution in [0.1, 0.15) is 153 Å². The second kappa shape index (κ2) is 24.3. The van der Waals surface area contributed by atoms with Gasteiger partial charge in [-0.1, -0.05) is 178 Å². The summed E-state index contributed by atoms with van der Waals surface area (Å²) in [5.41, 5.74) is 5.93. The van der Waals surface area contributed by atoms with Gasteiger partial charge < -0.3 is 23.1 Å². The van der Waals surface area contributed by atoms with Crippen molar-refractivity contribution in [3.8, 4) is 0 Å². The lowest BCUT2D eigenvalue weighted by molar-refractivity contribution is -0.148. The number of carbonyl (C=O) groups excluding carboxylic acids is 3. The van der Waals surface area contributed by atoms with E-state index in [0.29, 0.717) is 80.6 Å². The number of esters is 1. The van der Waals surface area contributed by atoms with Crippen molar-refractivity contribution in [1.29, 1.82) is 0 Å². The number of nitrogens with zero attached hydrogens (tertiary/aromatic N) is 1. The highest BCUT2D eigenvalue weighted by Gasteiger charge is 2.55. The Hall–Kier alpha value is -4.40. The Labute approximate surface area is 447 Å². The van der Waals surface area contributed by atoms with Gasteiger partial charge in [0.1, 0.15) is 12.7 Å². The van der Waals surface area contributed by atoms with Gasteiger partial charge in [-0.3, -0.25) is 9.59 Å². The zero-order valence-corrected chi connectivity index (χ0v) is 49.2. The lowest BCUT2D eigenvalue weighted by atomic mass is 9.59. The molecule has 0 radical (unpaired) electrons. The highest BCUT2D eigenvalue weighted by Crippen LogP contribution is 2.53. The van der Waals surface area contributed by atoms with Gasteiger partial charge in [0.05, 0.1) is 30.3 Å². The lowest BCUT2D eigenvalue weighted by Crippen LogP contribution is -2.67. The SMILES string of the molecule is CC1=C([C@@H]2CCC(=O)O2)CC[C@@]2(CCCN(C(=O)OCc3ccccc3)C2=O)[C@H]1/C=C(\C)[C@H](CC[C@@H]1C[C@@H](C)[C@H](/C(C)=C/CO[Si](C(C)C)(C(C)C)C(C)C)O1)O[Si](c1ccccc1)(c1ccccc1)C(C)(C)C. The molecule has 0 bridgehead atoms. The number of ether oxygens (including phenoxy) is 3. The van der Waals surface area contributed by atoms with Crippen molar-refractivity contribution in [2.75, 3.05) is 13.2 Å². The number of amides is 2. The molecule has 3 heterocycles. The van der Waals surface area contributed by atoms with Gasteiger partial charge in [0, 0.05) is 18.9 Å². The van der Waals surface area contributed by atoms with Gasteiger partial charge in [-0.2, -0.15) is 0 Å². The van der Waals surface area contributed by atoms with E-state index in [2.05, 4.69) is 163 Å². The number of rotatable bonds is 19. The third-order valence-corrected chi connectivity index (χ3v) is 28.7. The summed E-state index contributed by atoms with van der Waals surface area (Å²) in [6, 6.07) is 31.2. The van der Waals surface area contributed by atoms with E-state index >= 15 is 4.79 Å². The van der Waals surface area contributed by atoms with Crippen molar-refractivity contribution in [2.24, 2.45) is 17.3 Å². The van der Waals surface area contributed by atoms with Gasteiger partial charge in [-0.15, -0.1) is 0 Å². The Morgan fingerprint density at radius 2 is 1.45 bits per heavy atom. The van der Waals surface area contributed by atoms with E-state index in [4.69, 9.17) is 23.1 Å². The van der Waals surface area contributed by atoms with E-state index < -0.39 is 28.1 Å². The summed E-state index contributed by atoms with van der Waals surface area (Å²) in [6.45, 7) is 30.8. The minimum Gasteiger partial charge on any atom is -0.458 e. The van der Waals surface area contributed by atoms with Crippen LogP contribution in [0.2, 0.25) is 21.7 Å². The first-order valence-corrected chi connectivity index (χ1v) is 32.1. The quantitative estimate of drug-likeness (QED) is 0.0665. The predicted molar refractivity (Wildman–Crippen MR) is 303 cm³/mol. The van der Waals surface area contributed by atoms with Crippen LogP contribution in [-0.2, 0) is 39.3 Å². The fourth-order valence-corrected chi connectivity index (χ4v) is 24.0. The van der Waals surface area contributed by atoms with E-state index in [1.54, 1.807) is 0 Å². The van der Waals surface area contributed by atoms with Crippen molar-refractivity contribution in [1.82, 2.24) is 4.90 Å². The molecular weight excluding hydrogens is 955 g/mol. The molecule has 1 spiro atoms. The van der Waals surface area contributed by atoms with Crippen LogP contribution in [0, 0.1) is 17.3 Å². The highest BCUT2D eigenvalue weighted by molar-refractivity contribution is 6.99. The maximum atomic E-state index is 15.3. The molecule has 3 aliphatic heterocycles. The number of benzene rings is 3. The molecule has 74 heavy (non-hydrogen) atoms. The van der Waals surface area contributed by atoms with Crippen molar-refractivity contribution in [3.63, 3.8) is 0 Å². The first-order chi connectivity index (χ1) is 35.2. The molecular formula is C63H89NO8Si2. The Morgan fingerprint density at radius 3 is 2.00 bits per heavy atom. The molecule has 1 aliphatic carbocycles. The van der Waals surface area contributed by atoms with Gasteiger partial charge >= 0.3 is 12.1 Å². The summed E-state index contributed by atoms with van der Waals surface area (Å²) in [6.07, 6.45) is 9.20. The monoisotopic (exact) mass is 1040 g/mol. The van der Waals surface area contributed by atoms with Crippen molar-refractivity contribution < 1.29 is 37.4 Å². The molecule has 0 N–H and O–H groups in total. The number of hydrogen-bond acceptors (Lipinski definition) is 8. The molecule has 2 amide bonds. The first kappa shape index (κ1) is 57.3. The largest absolute Gasteiger partial charge is 0.458 e. The van der Waals surface area contributed by atoms with E-state index in [0.717, 1.165) is 35.1 Å². The predicted octanol–water partition coefficient (Wildman–Crippen LogP) is 14.0. The Morgan fingerprint density at radius 1 is 0.851 bits per heavy atom. The molecule has 0 saturated carbocycles. The molecule has 3 aromatic carbocycles. The van der Waals surface area contributed by atoms with E-state index in [1.165, 1.54) is 20.8 Å². The minimum atomic E-state index is -3.11. The van der Waals surface area contributed by atoms with E-state index in [-0.39, 0.29) is 53.9 Å². The second-order valence-corrected chi connectivity index (χ2v) is 33.9. The number of cyclic esters (lactones) is 1. The molecule has 11 heteroatoms. The summed E-state index contributed by atoms with van der Waals surface area (Å²) >= 11 is 0. The van der Waals surface area contributed by atoms with Crippen molar-refractivity contribution >= 4 is 45.0 Å². The third kappa shape index (κ3) is 11.9. The fourth-order valence-electron chi connectivity index (χ4n) is 13.9. The molecule has 4 aliphatic rings. The van der Waals surface area contributed by atoms with Gasteiger partial charge in [0.15, 0.2) is 0 Å². The summed E-state index contributed by atoms with van der Waals surface area (Å²) in [5.74, 6) is -0.417. The molecule has 7 atom stereocenters. The van der Waals surface area contributed by atoms with Crippen LogP contribution in [-0.4, -0.2) is 77.1 Å². The summed E-state index contributed by atoms with van der Waals surface area (Å²) in [7, 11) is -5.13. The maximum Gasteiger partial charge on any atom is 0.416 e. The van der Waals surface area contributed by atoms with Gasteiger partial charge in [0.25, 0.3) is 8.32 Å². The van der Waals surface area contributed by atoms with Crippen LogP contribution in [0.3, 0.4) is 0 Å². The normalized spacial score (nSPS) is 24.9. The molecule has 3 aromatic rings. The zero-order valence-electron chi connectivity index (χ0n) is 47.2.